The molecule has 0 aromatic heterocycles. The van der Waals surface area contributed by atoms with E-state index in [1.165, 1.54) is 4.31 Å². The number of aliphatic hydroxyl groups is 1. The molecular weight excluding hydrogens is 444 g/mol. The molecule has 0 amide bonds. The maximum absolute atomic E-state index is 13.9. The highest BCUT2D eigenvalue weighted by atomic mass is 32.2. The lowest BCUT2D eigenvalue weighted by Crippen LogP contribution is -2.43. The van der Waals surface area contributed by atoms with Crippen molar-refractivity contribution in [1.29, 1.82) is 0 Å². The van der Waals surface area contributed by atoms with Crippen LogP contribution in [0.5, 0.6) is 0 Å². The van der Waals surface area contributed by atoms with Crippen molar-refractivity contribution in [1.82, 2.24) is 4.90 Å². The van der Waals surface area contributed by atoms with Crippen LogP contribution in [-0.4, -0.2) is 50.7 Å². The first-order valence-electron chi connectivity index (χ1n) is 12.3. The number of nitrogens with zero attached hydrogens (tertiary/aromatic N) is 2. The first-order valence-corrected chi connectivity index (χ1v) is 13.8. The van der Waals surface area contributed by atoms with Crippen LogP contribution in [0.3, 0.4) is 0 Å². The Morgan fingerprint density at radius 2 is 1.44 bits per heavy atom. The summed E-state index contributed by atoms with van der Waals surface area (Å²) < 4.78 is 29.1. The quantitative estimate of drug-likeness (QED) is 0.344. The van der Waals surface area contributed by atoms with E-state index in [-0.39, 0.29) is 11.4 Å². The van der Waals surface area contributed by atoms with Crippen molar-refractivity contribution < 1.29 is 13.5 Å². The zero-order valence-electron chi connectivity index (χ0n) is 20.7. The van der Waals surface area contributed by atoms with Crippen LogP contribution in [0.25, 0.3) is 10.8 Å². The maximum Gasteiger partial charge on any atom is 0.264 e. The van der Waals surface area contributed by atoms with Gasteiger partial charge in [0, 0.05) is 11.9 Å². The van der Waals surface area contributed by atoms with E-state index in [0.29, 0.717) is 12.2 Å². The van der Waals surface area contributed by atoms with Gasteiger partial charge in [-0.2, -0.15) is 0 Å². The summed E-state index contributed by atoms with van der Waals surface area (Å²) >= 11 is 0. The second-order valence-corrected chi connectivity index (χ2v) is 10.9. The van der Waals surface area contributed by atoms with E-state index in [9.17, 15) is 13.5 Å². The molecule has 184 valence electrons. The minimum Gasteiger partial charge on any atom is -0.390 e. The summed E-state index contributed by atoms with van der Waals surface area (Å²) in [4.78, 5) is 2.49. The second kappa shape index (κ2) is 12.3. The molecule has 0 spiro atoms. The molecule has 0 saturated carbocycles. The van der Waals surface area contributed by atoms with Crippen LogP contribution in [0.1, 0.15) is 45.1 Å². The SMILES string of the molecule is CCCCN(CCCC)C[C@H](O)CN(c1cccc2ccccc12)S(=O)(=O)c1ccc(C)cc1. The van der Waals surface area contributed by atoms with Gasteiger partial charge in [-0.25, -0.2) is 8.42 Å². The third kappa shape index (κ3) is 6.59. The topological polar surface area (TPSA) is 60.9 Å². The van der Waals surface area contributed by atoms with E-state index in [1.807, 2.05) is 61.5 Å². The zero-order valence-corrected chi connectivity index (χ0v) is 21.5. The summed E-state index contributed by atoms with van der Waals surface area (Å²) in [5, 5.41) is 12.9. The molecule has 0 saturated heterocycles. The lowest BCUT2D eigenvalue weighted by molar-refractivity contribution is 0.117. The smallest absolute Gasteiger partial charge is 0.264 e. The van der Waals surface area contributed by atoms with Crippen LogP contribution in [0.4, 0.5) is 5.69 Å². The molecule has 3 aromatic rings. The fraction of sp³-hybridized carbons (Fsp3) is 0.429. The summed E-state index contributed by atoms with van der Waals surface area (Å²) in [5.41, 5.74) is 1.59. The highest BCUT2D eigenvalue weighted by molar-refractivity contribution is 7.92. The van der Waals surface area contributed by atoms with Crippen molar-refractivity contribution in [3.63, 3.8) is 0 Å². The predicted octanol–water partition coefficient (Wildman–Crippen LogP) is 5.61. The molecule has 6 heteroatoms. The standard InChI is InChI=1S/C28H38N2O3S/c1-4-6-19-29(20-7-5-2)21-25(31)22-30(34(32,33)26-17-15-23(3)16-18-26)28-14-10-12-24-11-8-9-13-27(24)28/h8-18,25,31H,4-7,19-22H2,1-3H3/t25-/m0/s1. The Bertz CT molecular complexity index is 1130. The van der Waals surface area contributed by atoms with Crippen LogP contribution in [0, 0.1) is 6.92 Å². The molecule has 0 unspecified atom stereocenters. The lowest BCUT2D eigenvalue weighted by atomic mass is 10.1. The van der Waals surface area contributed by atoms with Gasteiger partial charge in [-0.3, -0.25) is 4.31 Å². The predicted molar refractivity (Wildman–Crippen MR) is 142 cm³/mol. The summed E-state index contributed by atoms with van der Waals surface area (Å²) in [6.07, 6.45) is 3.48. The molecule has 0 bridgehead atoms. The molecule has 34 heavy (non-hydrogen) atoms. The lowest BCUT2D eigenvalue weighted by Gasteiger charge is -2.31. The molecule has 0 radical (unpaired) electrons. The van der Waals surface area contributed by atoms with E-state index in [2.05, 4.69) is 18.7 Å². The van der Waals surface area contributed by atoms with Gasteiger partial charge in [0.1, 0.15) is 0 Å². The number of hydrogen-bond acceptors (Lipinski definition) is 4. The highest BCUT2D eigenvalue weighted by Crippen LogP contribution is 2.31. The number of hydrogen-bond donors (Lipinski definition) is 1. The van der Waals surface area contributed by atoms with Gasteiger partial charge < -0.3 is 10.0 Å². The molecule has 0 fully saturated rings. The first-order chi connectivity index (χ1) is 16.4. The Morgan fingerprint density at radius 1 is 0.824 bits per heavy atom. The summed E-state index contributed by atoms with van der Waals surface area (Å²) in [7, 11) is -3.87. The van der Waals surface area contributed by atoms with Gasteiger partial charge in [-0.15, -0.1) is 0 Å². The fourth-order valence-corrected chi connectivity index (χ4v) is 5.72. The highest BCUT2D eigenvalue weighted by Gasteiger charge is 2.29. The number of benzene rings is 3. The van der Waals surface area contributed by atoms with Gasteiger partial charge in [0.15, 0.2) is 0 Å². The fourth-order valence-electron chi connectivity index (χ4n) is 4.19. The van der Waals surface area contributed by atoms with Crippen LogP contribution in [-0.2, 0) is 10.0 Å². The molecule has 0 aliphatic carbocycles. The third-order valence-corrected chi connectivity index (χ3v) is 7.94. The molecule has 1 N–H and O–H groups in total. The van der Waals surface area contributed by atoms with Gasteiger partial charge in [-0.05, 0) is 56.4 Å². The number of unbranched alkanes of at least 4 members (excludes halogenated alkanes) is 2. The summed E-state index contributed by atoms with van der Waals surface area (Å²) in [5.74, 6) is 0. The van der Waals surface area contributed by atoms with E-state index in [0.717, 1.165) is 55.1 Å². The Morgan fingerprint density at radius 3 is 2.09 bits per heavy atom. The third-order valence-electron chi connectivity index (χ3n) is 6.15. The van der Waals surface area contributed by atoms with E-state index in [4.69, 9.17) is 0 Å². The Hall–Kier alpha value is -2.41. The molecule has 0 aliphatic rings. The van der Waals surface area contributed by atoms with E-state index < -0.39 is 16.1 Å². The van der Waals surface area contributed by atoms with Gasteiger partial charge in [-0.1, -0.05) is 80.8 Å². The summed E-state index contributed by atoms with van der Waals surface area (Å²) in [6.45, 7) is 8.52. The number of fused-ring (bicyclic) bond motifs is 1. The van der Waals surface area contributed by atoms with Crippen molar-refractivity contribution in [2.45, 2.75) is 57.5 Å². The summed E-state index contributed by atoms with van der Waals surface area (Å²) in [6, 6.07) is 20.3. The molecule has 1 atom stereocenters. The van der Waals surface area contributed by atoms with Crippen LogP contribution in [0.2, 0.25) is 0 Å². The Kier molecular flexibility index (Phi) is 9.51. The van der Waals surface area contributed by atoms with Gasteiger partial charge >= 0.3 is 0 Å². The van der Waals surface area contributed by atoms with Crippen molar-refractivity contribution in [2.75, 3.05) is 30.5 Å². The molecule has 3 rings (SSSR count). The van der Waals surface area contributed by atoms with Crippen LogP contribution < -0.4 is 4.31 Å². The number of aryl methyl sites for hydroxylation is 1. The molecule has 0 heterocycles. The van der Waals surface area contributed by atoms with E-state index in [1.54, 1.807) is 12.1 Å². The Balaban J connectivity index is 1.97. The van der Waals surface area contributed by atoms with Crippen molar-refractivity contribution in [3.05, 3.63) is 72.3 Å². The minimum atomic E-state index is -3.87. The van der Waals surface area contributed by atoms with Crippen LogP contribution >= 0.6 is 0 Å². The largest absolute Gasteiger partial charge is 0.390 e. The zero-order chi connectivity index (χ0) is 24.6. The van der Waals surface area contributed by atoms with Crippen molar-refractivity contribution in [3.8, 4) is 0 Å². The van der Waals surface area contributed by atoms with Crippen molar-refractivity contribution >= 4 is 26.5 Å². The normalized spacial score (nSPS) is 12.9. The molecule has 5 nitrogen and oxygen atoms in total. The number of aliphatic hydroxyl groups excluding tert-OH is 1. The maximum atomic E-state index is 13.9. The van der Waals surface area contributed by atoms with Crippen LogP contribution in [0.15, 0.2) is 71.6 Å². The number of sulfonamides is 1. The number of anilines is 1. The van der Waals surface area contributed by atoms with Crippen molar-refractivity contribution in [2.24, 2.45) is 0 Å². The van der Waals surface area contributed by atoms with Gasteiger partial charge in [0.05, 0.1) is 23.2 Å². The minimum absolute atomic E-state index is 0.00102. The average Bonchev–Trinajstić information content (AvgIpc) is 2.84. The number of rotatable bonds is 13. The monoisotopic (exact) mass is 482 g/mol. The van der Waals surface area contributed by atoms with Gasteiger partial charge in [0.25, 0.3) is 10.0 Å². The van der Waals surface area contributed by atoms with Gasteiger partial charge in [0.2, 0.25) is 0 Å². The Labute approximate surface area is 205 Å². The van der Waals surface area contributed by atoms with E-state index >= 15 is 0 Å². The molecule has 0 aliphatic heterocycles. The second-order valence-electron chi connectivity index (χ2n) is 9.01. The molecule has 3 aromatic carbocycles. The molecular formula is C28H38N2O3S. The first kappa shape index (κ1) is 26.2. The average molecular weight is 483 g/mol.